The molecule has 0 heterocycles. The van der Waals surface area contributed by atoms with E-state index in [4.69, 9.17) is 4.74 Å². The van der Waals surface area contributed by atoms with E-state index in [0.717, 1.165) is 25.7 Å². The fourth-order valence-corrected chi connectivity index (χ4v) is 2.35. The van der Waals surface area contributed by atoms with Crippen molar-refractivity contribution < 1.29 is 27.8 Å². The SMILES string of the molecule is C=C(C)C(=O)OC(CC1CCCC1)C(C)(O)C(F)(F)F. The lowest BCUT2D eigenvalue weighted by molar-refractivity contribution is -0.286. The van der Waals surface area contributed by atoms with Gasteiger partial charge in [-0.1, -0.05) is 32.3 Å². The van der Waals surface area contributed by atoms with Gasteiger partial charge in [-0.2, -0.15) is 13.2 Å². The van der Waals surface area contributed by atoms with Gasteiger partial charge in [0.2, 0.25) is 0 Å². The lowest BCUT2D eigenvalue weighted by atomic mass is 9.89. The molecule has 1 fully saturated rings. The lowest BCUT2D eigenvalue weighted by Crippen LogP contribution is -2.54. The second-order valence-corrected chi connectivity index (χ2v) is 5.71. The summed E-state index contributed by atoms with van der Waals surface area (Å²) in [4.78, 5) is 11.5. The molecule has 0 radical (unpaired) electrons. The zero-order chi connectivity index (χ0) is 15.6. The largest absolute Gasteiger partial charge is 0.456 e. The Labute approximate surface area is 116 Å². The monoisotopic (exact) mass is 294 g/mol. The number of hydrogen-bond donors (Lipinski definition) is 1. The summed E-state index contributed by atoms with van der Waals surface area (Å²) in [6.45, 7) is 5.36. The van der Waals surface area contributed by atoms with E-state index in [-0.39, 0.29) is 17.9 Å². The van der Waals surface area contributed by atoms with Crippen LogP contribution >= 0.6 is 0 Å². The number of hydrogen-bond acceptors (Lipinski definition) is 3. The minimum absolute atomic E-state index is 0.0133. The molecule has 0 aromatic heterocycles. The van der Waals surface area contributed by atoms with Crippen molar-refractivity contribution in [3.05, 3.63) is 12.2 Å². The Bertz CT molecular complexity index is 368. The van der Waals surface area contributed by atoms with Gasteiger partial charge >= 0.3 is 12.1 Å². The number of esters is 1. The molecule has 1 N–H and O–H groups in total. The molecule has 0 aliphatic heterocycles. The Morgan fingerprint density at radius 3 is 2.30 bits per heavy atom. The first kappa shape index (κ1) is 17.0. The molecular formula is C14H21F3O3. The molecule has 0 bridgehead atoms. The minimum Gasteiger partial charge on any atom is -0.456 e. The Morgan fingerprint density at radius 1 is 1.40 bits per heavy atom. The standard InChI is InChI=1S/C14H21F3O3/c1-9(2)12(18)20-11(8-10-6-4-5-7-10)13(3,19)14(15,16)17/h10-11,19H,1,4-8H2,2-3H3. The van der Waals surface area contributed by atoms with Gasteiger partial charge < -0.3 is 9.84 Å². The summed E-state index contributed by atoms with van der Waals surface area (Å²) >= 11 is 0. The number of ether oxygens (including phenoxy) is 1. The molecule has 2 unspecified atom stereocenters. The van der Waals surface area contributed by atoms with E-state index in [0.29, 0.717) is 6.92 Å². The molecule has 1 saturated carbocycles. The smallest absolute Gasteiger partial charge is 0.420 e. The Balaban J connectivity index is 2.87. The summed E-state index contributed by atoms with van der Waals surface area (Å²) in [5, 5.41) is 9.77. The second-order valence-electron chi connectivity index (χ2n) is 5.71. The highest BCUT2D eigenvalue weighted by Crippen LogP contribution is 2.39. The molecule has 6 heteroatoms. The van der Waals surface area contributed by atoms with Crippen LogP contribution in [0.5, 0.6) is 0 Å². The first-order chi connectivity index (χ1) is 9.05. The molecule has 20 heavy (non-hydrogen) atoms. The van der Waals surface area contributed by atoms with E-state index in [9.17, 15) is 23.1 Å². The van der Waals surface area contributed by atoms with Gasteiger partial charge in [0.05, 0.1) is 0 Å². The van der Waals surface area contributed by atoms with Crippen LogP contribution in [0.15, 0.2) is 12.2 Å². The molecule has 2 atom stereocenters. The number of aliphatic hydroxyl groups is 1. The molecule has 3 nitrogen and oxygen atoms in total. The van der Waals surface area contributed by atoms with E-state index < -0.39 is 23.9 Å². The first-order valence-corrected chi connectivity index (χ1v) is 6.71. The van der Waals surface area contributed by atoms with Crippen molar-refractivity contribution in [1.82, 2.24) is 0 Å². The molecule has 1 aliphatic carbocycles. The summed E-state index contributed by atoms with van der Waals surface area (Å²) in [5.74, 6) is -0.857. The summed E-state index contributed by atoms with van der Waals surface area (Å²) < 4.78 is 43.7. The first-order valence-electron chi connectivity index (χ1n) is 6.71. The summed E-state index contributed by atoms with van der Waals surface area (Å²) in [7, 11) is 0. The van der Waals surface area contributed by atoms with Gasteiger partial charge in [0, 0.05) is 5.57 Å². The third kappa shape index (κ3) is 3.98. The molecule has 0 amide bonds. The summed E-state index contributed by atoms with van der Waals surface area (Å²) in [6, 6.07) is 0. The third-order valence-corrected chi connectivity index (χ3v) is 3.82. The zero-order valence-corrected chi connectivity index (χ0v) is 11.8. The average molecular weight is 294 g/mol. The predicted molar refractivity (Wildman–Crippen MR) is 67.9 cm³/mol. The van der Waals surface area contributed by atoms with Crippen molar-refractivity contribution in [1.29, 1.82) is 0 Å². The highest BCUT2D eigenvalue weighted by Gasteiger charge is 2.57. The van der Waals surface area contributed by atoms with Crippen LogP contribution in [-0.4, -0.2) is 29.0 Å². The number of carbonyl (C=O) groups is 1. The Hall–Kier alpha value is -1.04. The summed E-state index contributed by atoms with van der Waals surface area (Å²) in [6.07, 6.45) is -2.92. The van der Waals surface area contributed by atoms with Crippen molar-refractivity contribution in [2.75, 3.05) is 0 Å². The van der Waals surface area contributed by atoms with E-state index in [1.54, 1.807) is 0 Å². The van der Waals surface area contributed by atoms with Gasteiger partial charge in [0.15, 0.2) is 5.60 Å². The van der Waals surface area contributed by atoms with Crippen molar-refractivity contribution in [3.63, 3.8) is 0 Å². The maximum Gasteiger partial charge on any atom is 0.420 e. The average Bonchev–Trinajstić information content (AvgIpc) is 2.79. The number of carbonyl (C=O) groups excluding carboxylic acids is 1. The van der Waals surface area contributed by atoms with Gasteiger partial charge in [-0.15, -0.1) is 0 Å². The molecule has 0 aromatic carbocycles. The van der Waals surface area contributed by atoms with Gasteiger partial charge in [-0.05, 0) is 26.2 Å². The molecule has 1 rings (SSSR count). The van der Waals surface area contributed by atoms with E-state index in [1.807, 2.05) is 0 Å². The topological polar surface area (TPSA) is 46.5 Å². The number of halogens is 3. The van der Waals surface area contributed by atoms with Crippen LogP contribution in [-0.2, 0) is 9.53 Å². The van der Waals surface area contributed by atoms with Crippen LogP contribution < -0.4 is 0 Å². The van der Waals surface area contributed by atoms with Crippen LogP contribution in [0, 0.1) is 5.92 Å². The fourth-order valence-electron chi connectivity index (χ4n) is 2.35. The fraction of sp³-hybridized carbons (Fsp3) is 0.786. The molecule has 116 valence electrons. The van der Waals surface area contributed by atoms with Crippen molar-refractivity contribution in [2.24, 2.45) is 5.92 Å². The second kappa shape index (κ2) is 6.16. The maximum absolute atomic E-state index is 12.9. The highest BCUT2D eigenvalue weighted by atomic mass is 19.4. The predicted octanol–water partition coefficient (Wildman–Crippen LogP) is 3.37. The van der Waals surface area contributed by atoms with Crippen molar-refractivity contribution >= 4 is 5.97 Å². The molecule has 1 aliphatic rings. The molecule has 0 saturated heterocycles. The van der Waals surface area contributed by atoms with Gasteiger partial charge in [-0.3, -0.25) is 0 Å². The van der Waals surface area contributed by atoms with Gasteiger partial charge in [0.1, 0.15) is 6.10 Å². The normalized spacial score (nSPS) is 21.3. The van der Waals surface area contributed by atoms with E-state index in [2.05, 4.69) is 6.58 Å². The van der Waals surface area contributed by atoms with Crippen LogP contribution in [0.3, 0.4) is 0 Å². The lowest BCUT2D eigenvalue weighted by Gasteiger charge is -2.35. The molecular weight excluding hydrogens is 273 g/mol. The van der Waals surface area contributed by atoms with Gasteiger partial charge in [0.25, 0.3) is 0 Å². The molecule has 0 aromatic rings. The van der Waals surface area contributed by atoms with Gasteiger partial charge in [-0.25, -0.2) is 4.79 Å². The number of rotatable bonds is 5. The van der Waals surface area contributed by atoms with Crippen molar-refractivity contribution in [3.8, 4) is 0 Å². The maximum atomic E-state index is 12.9. The van der Waals surface area contributed by atoms with Crippen molar-refractivity contribution in [2.45, 2.75) is 63.8 Å². The third-order valence-electron chi connectivity index (χ3n) is 3.82. The van der Waals surface area contributed by atoms with E-state index in [1.165, 1.54) is 6.92 Å². The zero-order valence-electron chi connectivity index (χ0n) is 11.8. The van der Waals surface area contributed by atoms with Crippen LogP contribution in [0.4, 0.5) is 13.2 Å². The van der Waals surface area contributed by atoms with Crippen LogP contribution in [0.2, 0.25) is 0 Å². The van der Waals surface area contributed by atoms with Crippen LogP contribution in [0.1, 0.15) is 46.0 Å². The Kier molecular flexibility index (Phi) is 5.24. The Morgan fingerprint density at radius 2 is 1.90 bits per heavy atom. The summed E-state index contributed by atoms with van der Waals surface area (Å²) in [5.41, 5.74) is -3.04. The highest BCUT2D eigenvalue weighted by molar-refractivity contribution is 5.87. The molecule has 0 spiro atoms. The quantitative estimate of drug-likeness (QED) is 0.624. The number of alkyl halides is 3. The minimum atomic E-state index is -4.86. The van der Waals surface area contributed by atoms with E-state index >= 15 is 0 Å². The van der Waals surface area contributed by atoms with Crippen LogP contribution in [0.25, 0.3) is 0 Å².